The SMILES string of the molecule is CCN(C(=N)c1ccc(Cl)cc1)C(C)C. The van der Waals surface area contributed by atoms with Gasteiger partial charge in [0.1, 0.15) is 5.84 Å². The highest BCUT2D eigenvalue weighted by atomic mass is 35.5. The summed E-state index contributed by atoms with van der Waals surface area (Å²) in [5, 5.41) is 8.78. The van der Waals surface area contributed by atoms with Crippen molar-refractivity contribution in [1.82, 2.24) is 4.90 Å². The van der Waals surface area contributed by atoms with Crippen molar-refractivity contribution in [2.75, 3.05) is 6.54 Å². The van der Waals surface area contributed by atoms with Crippen LogP contribution in [0.1, 0.15) is 26.3 Å². The van der Waals surface area contributed by atoms with Crippen LogP contribution in [-0.2, 0) is 0 Å². The van der Waals surface area contributed by atoms with Gasteiger partial charge in [-0.3, -0.25) is 5.41 Å². The van der Waals surface area contributed by atoms with Crippen LogP contribution in [0.3, 0.4) is 0 Å². The van der Waals surface area contributed by atoms with Crippen molar-refractivity contribution in [3.8, 4) is 0 Å². The molecule has 0 saturated carbocycles. The monoisotopic (exact) mass is 224 g/mol. The quantitative estimate of drug-likeness (QED) is 0.619. The Labute approximate surface area is 96.4 Å². The van der Waals surface area contributed by atoms with Crippen LogP contribution in [0.4, 0.5) is 0 Å². The molecule has 0 radical (unpaired) electrons. The second-order valence-electron chi connectivity index (χ2n) is 3.74. The molecule has 0 fully saturated rings. The maximum atomic E-state index is 8.07. The van der Waals surface area contributed by atoms with Gasteiger partial charge >= 0.3 is 0 Å². The van der Waals surface area contributed by atoms with Gasteiger partial charge in [0.25, 0.3) is 0 Å². The average Bonchev–Trinajstić information content (AvgIpc) is 2.19. The first-order valence-corrected chi connectivity index (χ1v) is 5.55. The highest BCUT2D eigenvalue weighted by Gasteiger charge is 2.12. The fraction of sp³-hybridized carbons (Fsp3) is 0.417. The zero-order valence-electron chi connectivity index (χ0n) is 9.42. The zero-order valence-corrected chi connectivity index (χ0v) is 10.2. The maximum absolute atomic E-state index is 8.07. The lowest BCUT2D eigenvalue weighted by molar-refractivity contribution is 0.365. The van der Waals surface area contributed by atoms with Crippen LogP contribution in [-0.4, -0.2) is 23.3 Å². The van der Waals surface area contributed by atoms with Crippen LogP contribution in [0, 0.1) is 5.41 Å². The van der Waals surface area contributed by atoms with E-state index in [2.05, 4.69) is 20.8 Å². The third-order valence-electron chi connectivity index (χ3n) is 2.37. The highest BCUT2D eigenvalue weighted by Crippen LogP contribution is 2.12. The molecular formula is C12H17ClN2. The molecule has 0 aliphatic heterocycles. The number of halogens is 1. The summed E-state index contributed by atoms with van der Waals surface area (Å²) in [6, 6.07) is 7.75. The molecule has 0 aliphatic carbocycles. The van der Waals surface area contributed by atoms with Gasteiger partial charge in [0.2, 0.25) is 0 Å². The molecule has 3 heteroatoms. The maximum Gasteiger partial charge on any atom is 0.128 e. The molecule has 82 valence electrons. The van der Waals surface area contributed by atoms with Crippen molar-refractivity contribution in [2.24, 2.45) is 0 Å². The third-order valence-corrected chi connectivity index (χ3v) is 2.62. The van der Waals surface area contributed by atoms with E-state index in [4.69, 9.17) is 17.0 Å². The Bertz CT molecular complexity index is 330. The Morgan fingerprint density at radius 3 is 2.27 bits per heavy atom. The lowest BCUT2D eigenvalue weighted by Gasteiger charge is -2.27. The van der Waals surface area contributed by atoms with E-state index in [1.807, 2.05) is 29.2 Å². The van der Waals surface area contributed by atoms with Crippen molar-refractivity contribution >= 4 is 17.4 Å². The Balaban J connectivity index is 2.88. The second kappa shape index (κ2) is 5.17. The number of nitrogens with zero attached hydrogens (tertiary/aromatic N) is 1. The Kier molecular flexibility index (Phi) is 4.15. The molecule has 0 saturated heterocycles. The van der Waals surface area contributed by atoms with Crippen LogP contribution >= 0.6 is 11.6 Å². The van der Waals surface area contributed by atoms with Gasteiger partial charge < -0.3 is 4.90 Å². The summed E-state index contributed by atoms with van der Waals surface area (Å²) in [4.78, 5) is 2.04. The van der Waals surface area contributed by atoms with Crippen LogP contribution in [0.5, 0.6) is 0 Å². The minimum atomic E-state index is 0.346. The van der Waals surface area contributed by atoms with E-state index in [9.17, 15) is 0 Å². The molecule has 1 rings (SSSR count). The van der Waals surface area contributed by atoms with Crippen LogP contribution in [0.2, 0.25) is 5.02 Å². The molecular weight excluding hydrogens is 208 g/mol. The average molecular weight is 225 g/mol. The number of rotatable bonds is 3. The third kappa shape index (κ3) is 2.96. The van der Waals surface area contributed by atoms with Gasteiger partial charge in [-0.25, -0.2) is 0 Å². The van der Waals surface area contributed by atoms with Gasteiger partial charge in [-0.15, -0.1) is 0 Å². The van der Waals surface area contributed by atoms with Crippen LogP contribution in [0.15, 0.2) is 24.3 Å². The Morgan fingerprint density at radius 2 is 1.87 bits per heavy atom. The molecule has 0 unspecified atom stereocenters. The van der Waals surface area contributed by atoms with Gasteiger partial charge in [0.05, 0.1) is 0 Å². The largest absolute Gasteiger partial charge is 0.354 e. The van der Waals surface area contributed by atoms with Gasteiger partial charge in [-0.1, -0.05) is 11.6 Å². The van der Waals surface area contributed by atoms with Crippen molar-refractivity contribution in [2.45, 2.75) is 26.8 Å². The summed E-state index contributed by atoms with van der Waals surface area (Å²) in [6.45, 7) is 7.09. The minimum Gasteiger partial charge on any atom is -0.354 e. The number of benzene rings is 1. The van der Waals surface area contributed by atoms with E-state index in [1.54, 1.807) is 0 Å². The molecule has 0 heterocycles. The van der Waals surface area contributed by atoms with E-state index >= 15 is 0 Å². The lowest BCUT2D eigenvalue weighted by atomic mass is 10.1. The first kappa shape index (κ1) is 12.1. The van der Waals surface area contributed by atoms with Crippen molar-refractivity contribution < 1.29 is 0 Å². The number of amidine groups is 1. The summed E-state index contributed by atoms with van der Waals surface area (Å²) in [7, 11) is 0. The van der Waals surface area contributed by atoms with E-state index in [0.29, 0.717) is 16.9 Å². The Morgan fingerprint density at radius 1 is 1.33 bits per heavy atom. The minimum absolute atomic E-state index is 0.346. The Hall–Kier alpha value is -1.02. The molecule has 1 N–H and O–H groups in total. The lowest BCUT2D eigenvalue weighted by Crippen LogP contribution is -2.36. The van der Waals surface area contributed by atoms with Crippen molar-refractivity contribution in [3.63, 3.8) is 0 Å². The first-order chi connectivity index (χ1) is 7.06. The second-order valence-corrected chi connectivity index (χ2v) is 4.17. The predicted octanol–water partition coefficient (Wildman–Crippen LogP) is 3.40. The molecule has 15 heavy (non-hydrogen) atoms. The molecule has 0 amide bonds. The normalized spacial score (nSPS) is 10.5. The standard InChI is InChI=1S/C12H17ClN2/c1-4-15(9(2)3)12(14)10-5-7-11(13)8-6-10/h5-9,14H,4H2,1-3H3. The molecule has 0 atom stereocenters. The molecule has 0 aliphatic rings. The summed E-state index contributed by atoms with van der Waals surface area (Å²) in [5.74, 6) is 0.559. The van der Waals surface area contributed by atoms with Crippen LogP contribution in [0.25, 0.3) is 0 Å². The van der Waals surface area contributed by atoms with Crippen molar-refractivity contribution in [1.29, 1.82) is 5.41 Å². The first-order valence-electron chi connectivity index (χ1n) is 5.17. The van der Waals surface area contributed by atoms with Gasteiger partial charge in [-0.2, -0.15) is 0 Å². The molecule has 2 nitrogen and oxygen atoms in total. The summed E-state index contributed by atoms with van der Waals surface area (Å²) in [5.41, 5.74) is 0.912. The fourth-order valence-corrected chi connectivity index (χ4v) is 1.68. The van der Waals surface area contributed by atoms with Gasteiger partial charge in [0.15, 0.2) is 0 Å². The molecule has 1 aromatic carbocycles. The van der Waals surface area contributed by atoms with Crippen LogP contribution < -0.4 is 0 Å². The molecule has 0 bridgehead atoms. The molecule has 0 aromatic heterocycles. The number of nitrogens with one attached hydrogen (secondary N) is 1. The molecule has 1 aromatic rings. The molecule has 0 spiro atoms. The van der Waals surface area contributed by atoms with Gasteiger partial charge in [-0.05, 0) is 45.0 Å². The van der Waals surface area contributed by atoms with E-state index in [0.717, 1.165) is 12.1 Å². The summed E-state index contributed by atoms with van der Waals surface area (Å²) in [6.07, 6.45) is 0. The van der Waals surface area contributed by atoms with E-state index in [-0.39, 0.29) is 0 Å². The van der Waals surface area contributed by atoms with Gasteiger partial charge in [0, 0.05) is 23.2 Å². The number of hydrogen-bond acceptors (Lipinski definition) is 1. The fourth-order valence-electron chi connectivity index (χ4n) is 1.56. The predicted molar refractivity (Wildman–Crippen MR) is 65.8 cm³/mol. The number of hydrogen-bond donors (Lipinski definition) is 1. The smallest absolute Gasteiger partial charge is 0.128 e. The van der Waals surface area contributed by atoms with E-state index in [1.165, 1.54) is 0 Å². The summed E-state index contributed by atoms with van der Waals surface area (Å²) >= 11 is 5.81. The van der Waals surface area contributed by atoms with E-state index < -0.39 is 0 Å². The topological polar surface area (TPSA) is 27.1 Å². The summed E-state index contributed by atoms with van der Waals surface area (Å²) < 4.78 is 0. The highest BCUT2D eigenvalue weighted by molar-refractivity contribution is 6.30. The zero-order chi connectivity index (χ0) is 11.4. The van der Waals surface area contributed by atoms with Crippen molar-refractivity contribution in [3.05, 3.63) is 34.9 Å².